The van der Waals surface area contributed by atoms with Crippen LogP contribution in [0.25, 0.3) is 0 Å². The van der Waals surface area contributed by atoms with E-state index in [2.05, 4.69) is 31.4 Å². The predicted octanol–water partition coefficient (Wildman–Crippen LogP) is 3.20. The second-order valence-corrected chi connectivity index (χ2v) is 5.44. The van der Waals surface area contributed by atoms with Gasteiger partial charge in [0.2, 0.25) is 0 Å². The maximum Gasteiger partial charge on any atom is 0.266 e. The lowest BCUT2D eigenvalue weighted by Gasteiger charge is -2.14. The molecule has 0 bridgehead atoms. The first kappa shape index (κ1) is 14.6. The first-order valence-electron chi connectivity index (χ1n) is 6.22. The highest BCUT2D eigenvalue weighted by Gasteiger charge is 2.17. The number of carbonyl (C=O) groups excluding carboxylic acids is 1. The summed E-state index contributed by atoms with van der Waals surface area (Å²) in [6, 6.07) is 7.33. The number of hydrogen-bond acceptors (Lipinski definition) is 3. The molecule has 0 saturated heterocycles. The highest BCUT2D eigenvalue weighted by atomic mass is 79.9. The summed E-state index contributed by atoms with van der Waals surface area (Å²) < 4.78 is 6.54. The Hall–Kier alpha value is -1.82. The number of nitrogens with one attached hydrogen (secondary N) is 2. The van der Waals surface area contributed by atoms with Crippen molar-refractivity contribution in [1.82, 2.24) is 10.2 Å². The molecule has 1 amide bonds. The van der Waals surface area contributed by atoms with E-state index in [4.69, 9.17) is 4.74 Å². The number of benzene rings is 1. The van der Waals surface area contributed by atoms with Crippen LogP contribution in [0.4, 0.5) is 5.82 Å². The van der Waals surface area contributed by atoms with E-state index in [1.54, 1.807) is 19.1 Å². The Kier molecular flexibility index (Phi) is 4.44. The zero-order valence-corrected chi connectivity index (χ0v) is 13.1. The zero-order valence-electron chi connectivity index (χ0n) is 11.5. The molecular formula is C14H16BrN3O2. The number of halogens is 1. The molecule has 0 aliphatic rings. The summed E-state index contributed by atoms with van der Waals surface area (Å²) in [6.45, 7) is 5.50. The molecule has 1 unspecified atom stereocenters. The molecule has 0 spiro atoms. The molecule has 1 atom stereocenters. The highest BCUT2D eigenvalue weighted by molar-refractivity contribution is 9.10. The van der Waals surface area contributed by atoms with Gasteiger partial charge in [0.15, 0.2) is 11.9 Å². The minimum atomic E-state index is -0.604. The molecule has 0 aliphatic heterocycles. The van der Waals surface area contributed by atoms with E-state index in [1.165, 1.54) is 0 Å². The van der Waals surface area contributed by atoms with E-state index in [-0.39, 0.29) is 5.91 Å². The number of aryl methyl sites for hydroxylation is 1. The standard InChI is InChI=1S/C14H16BrN3O2/c1-8-9(2)17-18-13(8)16-14(19)10(3)20-12-6-4-11(15)5-7-12/h4-7,10H,1-3H3,(H2,16,17,18,19). The van der Waals surface area contributed by atoms with Crippen molar-refractivity contribution in [2.24, 2.45) is 0 Å². The minimum absolute atomic E-state index is 0.234. The lowest BCUT2D eigenvalue weighted by atomic mass is 10.2. The summed E-state index contributed by atoms with van der Waals surface area (Å²) in [5, 5.41) is 9.61. The first-order chi connectivity index (χ1) is 9.47. The van der Waals surface area contributed by atoms with Gasteiger partial charge in [0.05, 0.1) is 0 Å². The van der Waals surface area contributed by atoms with Gasteiger partial charge in [-0.15, -0.1) is 0 Å². The number of nitrogens with zero attached hydrogens (tertiary/aromatic N) is 1. The van der Waals surface area contributed by atoms with Gasteiger partial charge in [-0.2, -0.15) is 5.10 Å². The largest absolute Gasteiger partial charge is 0.481 e. The first-order valence-corrected chi connectivity index (χ1v) is 7.01. The quantitative estimate of drug-likeness (QED) is 0.900. The number of aromatic amines is 1. The smallest absolute Gasteiger partial charge is 0.266 e. The number of anilines is 1. The lowest BCUT2D eigenvalue weighted by molar-refractivity contribution is -0.122. The molecule has 2 rings (SSSR count). The average molecular weight is 338 g/mol. The van der Waals surface area contributed by atoms with Crippen molar-refractivity contribution in [3.8, 4) is 5.75 Å². The molecule has 5 nitrogen and oxygen atoms in total. The molecule has 0 radical (unpaired) electrons. The van der Waals surface area contributed by atoms with Gasteiger partial charge in [-0.25, -0.2) is 0 Å². The van der Waals surface area contributed by atoms with Gasteiger partial charge in [0.25, 0.3) is 5.91 Å². The predicted molar refractivity (Wildman–Crippen MR) is 80.9 cm³/mol. The van der Waals surface area contributed by atoms with Crippen LogP contribution in [0.5, 0.6) is 5.75 Å². The third-order valence-electron chi connectivity index (χ3n) is 2.99. The summed E-state index contributed by atoms with van der Waals surface area (Å²) in [6.07, 6.45) is -0.604. The fourth-order valence-corrected chi connectivity index (χ4v) is 1.86. The summed E-state index contributed by atoms with van der Waals surface area (Å²) in [4.78, 5) is 12.0. The van der Waals surface area contributed by atoms with Crippen LogP contribution >= 0.6 is 15.9 Å². The molecule has 1 aromatic heterocycles. The van der Waals surface area contributed by atoms with Gasteiger partial charge in [-0.3, -0.25) is 9.89 Å². The fourth-order valence-electron chi connectivity index (χ4n) is 1.60. The van der Waals surface area contributed by atoms with Crippen LogP contribution in [-0.2, 0) is 4.79 Å². The van der Waals surface area contributed by atoms with Gasteiger partial charge in [-0.1, -0.05) is 15.9 Å². The monoisotopic (exact) mass is 337 g/mol. The van der Waals surface area contributed by atoms with Crippen LogP contribution in [0.1, 0.15) is 18.2 Å². The number of ether oxygens (including phenoxy) is 1. The minimum Gasteiger partial charge on any atom is -0.481 e. The summed E-state index contributed by atoms with van der Waals surface area (Å²) in [7, 11) is 0. The maximum atomic E-state index is 12.0. The Morgan fingerprint density at radius 3 is 2.55 bits per heavy atom. The van der Waals surface area contributed by atoms with E-state index < -0.39 is 6.10 Å². The van der Waals surface area contributed by atoms with Gasteiger partial charge in [-0.05, 0) is 45.0 Å². The number of rotatable bonds is 4. The summed E-state index contributed by atoms with van der Waals surface area (Å²) in [5.74, 6) is 0.951. The van der Waals surface area contributed by atoms with Crippen LogP contribution in [0.2, 0.25) is 0 Å². The van der Waals surface area contributed by atoms with E-state index >= 15 is 0 Å². The van der Waals surface area contributed by atoms with E-state index in [1.807, 2.05) is 26.0 Å². The second-order valence-electron chi connectivity index (χ2n) is 4.53. The number of hydrogen-bond donors (Lipinski definition) is 2. The highest BCUT2D eigenvalue weighted by Crippen LogP contribution is 2.18. The Bertz CT molecular complexity index is 607. The van der Waals surface area contributed by atoms with Gasteiger partial charge >= 0.3 is 0 Å². The van der Waals surface area contributed by atoms with Crippen molar-refractivity contribution in [3.05, 3.63) is 40.0 Å². The van der Waals surface area contributed by atoms with E-state index in [9.17, 15) is 4.79 Å². The molecule has 6 heteroatoms. The van der Waals surface area contributed by atoms with Crippen LogP contribution in [0.3, 0.4) is 0 Å². The molecule has 1 aromatic carbocycles. The number of aromatic nitrogens is 2. The summed E-state index contributed by atoms with van der Waals surface area (Å²) >= 11 is 3.35. The Balaban J connectivity index is 1.98. The van der Waals surface area contributed by atoms with Crippen LogP contribution < -0.4 is 10.1 Å². The molecule has 0 fully saturated rings. The third-order valence-corrected chi connectivity index (χ3v) is 3.52. The van der Waals surface area contributed by atoms with Gasteiger partial charge in [0.1, 0.15) is 5.75 Å². The molecule has 1 heterocycles. The van der Waals surface area contributed by atoms with Crippen molar-refractivity contribution in [2.75, 3.05) is 5.32 Å². The maximum absolute atomic E-state index is 12.0. The SMILES string of the molecule is Cc1[nH]nc(NC(=O)C(C)Oc2ccc(Br)cc2)c1C. The fraction of sp³-hybridized carbons (Fsp3) is 0.286. The summed E-state index contributed by atoms with van der Waals surface area (Å²) in [5.41, 5.74) is 1.86. The molecule has 0 aliphatic carbocycles. The van der Waals surface area contributed by atoms with Crippen molar-refractivity contribution in [1.29, 1.82) is 0 Å². The average Bonchev–Trinajstić information content (AvgIpc) is 2.73. The van der Waals surface area contributed by atoms with Crippen LogP contribution in [0.15, 0.2) is 28.7 Å². The third kappa shape index (κ3) is 3.39. The van der Waals surface area contributed by atoms with E-state index in [0.717, 1.165) is 15.7 Å². The van der Waals surface area contributed by atoms with E-state index in [0.29, 0.717) is 11.6 Å². The molecular weight excluding hydrogens is 322 g/mol. The van der Waals surface area contributed by atoms with Crippen LogP contribution in [0, 0.1) is 13.8 Å². The lowest BCUT2D eigenvalue weighted by Crippen LogP contribution is -2.30. The van der Waals surface area contributed by atoms with Crippen molar-refractivity contribution < 1.29 is 9.53 Å². The number of carbonyl (C=O) groups is 1. The Labute approximate surface area is 125 Å². The Morgan fingerprint density at radius 2 is 2.00 bits per heavy atom. The molecule has 2 N–H and O–H groups in total. The van der Waals surface area contributed by atoms with Crippen molar-refractivity contribution in [2.45, 2.75) is 26.9 Å². The molecule has 2 aromatic rings. The number of H-pyrrole nitrogens is 1. The molecule has 20 heavy (non-hydrogen) atoms. The molecule has 106 valence electrons. The topological polar surface area (TPSA) is 67.0 Å². The molecule has 0 saturated carbocycles. The number of amides is 1. The van der Waals surface area contributed by atoms with Gasteiger partial charge in [0, 0.05) is 15.7 Å². The van der Waals surface area contributed by atoms with Gasteiger partial charge < -0.3 is 10.1 Å². The Morgan fingerprint density at radius 1 is 1.35 bits per heavy atom. The normalized spacial score (nSPS) is 12.0. The zero-order chi connectivity index (χ0) is 14.7. The van der Waals surface area contributed by atoms with Crippen molar-refractivity contribution in [3.63, 3.8) is 0 Å². The van der Waals surface area contributed by atoms with Crippen LogP contribution in [-0.4, -0.2) is 22.2 Å². The second kappa shape index (κ2) is 6.09. The van der Waals surface area contributed by atoms with Crippen molar-refractivity contribution >= 4 is 27.7 Å².